The van der Waals surface area contributed by atoms with E-state index in [-0.39, 0.29) is 5.91 Å². The number of amides is 1. The van der Waals surface area contributed by atoms with Crippen molar-refractivity contribution in [1.82, 2.24) is 10.2 Å². The number of thiophene rings is 1. The van der Waals surface area contributed by atoms with Crippen LogP contribution in [0.2, 0.25) is 0 Å². The zero-order valence-electron chi connectivity index (χ0n) is 14.2. The standard InChI is InChI=1S/C19H24N2O2S/c1-3-23-16-13-17(14-7-5-4-6-8-14)24-18(16)19(22)21-11-9-15(20-2)10-12-21/h4-8,13,15,20H,3,9-12H2,1-2H3. The molecule has 1 aromatic carbocycles. The molecular weight excluding hydrogens is 320 g/mol. The molecule has 0 spiro atoms. The lowest BCUT2D eigenvalue weighted by Gasteiger charge is -2.31. The highest BCUT2D eigenvalue weighted by Crippen LogP contribution is 2.37. The summed E-state index contributed by atoms with van der Waals surface area (Å²) in [6.45, 7) is 4.11. The lowest BCUT2D eigenvalue weighted by Crippen LogP contribution is -2.43. The number of piperidine rings is 1. The summed E-state index contributed by atoms with van der Waals surface area (Å²) >= 11 is 1.53. The number of benzene rings is 1. The lowest BCUT2D eigenvalue weighted by molar-refractivity contribution is 0.0708. The van der Waals surface area contributed by atoms with Crippen molar-refractivity contribution in [2.45, 2.75) is 25.8 Å². The summed E-state index contributed by atoms with van der Waals surface area (Å²) in [5.74, 6) is 0.808. The summed E-state index contributed by atoms with van der Waals surface area (Å²) in [7, 11) is 1.99. The first-order valence-corrected chi connectivity index (χ1v) is 9.33. The zero-order valence-corrected chi connectivity index (χ0v) is 15.1. The summed E-state index contributed by atoms with van der Waals surface area (Å²) in [4.78, 5) is 16.7. The summed E-state index contributed by atoms with van der Waals surface area (Å²) in [5.41, 5.74) is 1.12. The third-order valence-corrected chi connectivity index (χ3v) is 5.59. The van der Waals surface area contributed by atoms with Gasteiger partial charge in [-0.15, -0.1) is 11.3 Å². The van der Waals surface area contributed by atoms with Crippen LogP contribution in [0.3, 0.4) is 0 Å². The van der Waals surface area contributed by atoms with Crippen LogP contribution >= 0.6 is 11.3 Å². The van der Waals surface area contributed by atoms with E-state index in [9.17, 15) is 4.79 Å². The minimum atomic E-state index is 0.0974. The molecule has 24 heavy (non-hydrogen) atoms. The van der Waals surface area contributed by atoms with Crippen molar-refractivity contribution in [2.75, 3.05) is 26.7 Å². The van der Waals surface area contributed by atoms with E-state index < -0.39 is 0 Å². The van der Waals surface area contributed by atoms with E-state index in [4.69, 9.17) is 4.74 Å². The Balaban J connectivity index is 1.83. The molecule has 1 aliphatic heterocycles. The second kappa shape index (κ2) is 7.81. The minimum Gasteiger partial charge on any atom is -0.492 e. The normalized spacial score (nSPS) is 15.5. The van der Waals surface area contributed by atoms with E-state index in [1.54, 1.807) is 0 Å². The van der Waals surface area contributed by atoms with Crippen molar-refractivity contribution in [3.8, 4) is 16.2 Å². The number of nitrogens with zero attached hydrogens (tertiary/aromatic N) is 1. The Morgan fingerprint density at radius 3 is 2.62 bits per heavy atom. The van der Waals surface area contributed by atoms with Gasteiger partial charge >= 0.3 is 0 Å². The molecule has 3 rings (SSSR count). The second-order valence-corrected chi connectivity index (χ2v) is 7.01. The molecule has 0 aliphatic carbocycles. The fourth-order valence-corrected chi connectivity index (χ4v) is 4.12. The number of likely N-dealkylation sites (tertiary alicyclic amines) is 1. The van der Waals surface area contributed by atoms with Crippen molar-refractivity contribution in [1.29, 1.82) is 0 Å². The smallest absolute Gasteiger partial charge is 0.267 e. The summed E-state index contributed by atoms with van der Waals surface area (Å²) in [5, 5.41) is 3.30. The molecule has 5 heteroatoms. The molecule has 1 fully saturated rings. The maximum atomic E-state index is 13.0. The van der Waals surface area contributed by atoms with Crippen LogP contribution in [0, 0.1) is 0 Å². The Morgan fingerprint density at radius 1 is 1.29 bits per heavy atom. The second-order valence-electron chi connectivity index (χ2n) is 5.96. The number of rotatable bonds is 5. The number of nitrogens with one attached hydrogen (secondary N) is 1. The van der Waals surface area contributed by atoms with E-state index >= 15 is 0 Å². The molecule has 128 valence electrons. The number of hydrogen-bond donors (Lipinski definition) is 1. The van der Waals surface area contributed by atoms with Gasteiger partial charge in [0.15, 0.2) is 0 Å². The van der Waals surface area contributed by atoms with Crippen molar-refractivity contribution in [3.63, 3.8) is 0 Å². The van der Waals surface area contributed by atoms with Crippen LogP contribution in [0.1, 0.15) is 29.4 Å². The van der Waals surface area contributed by atoms with Gasteiger partial charge in [-0.2, -0.15) is 0 Å². The maximum Gasteiger partial charge on any atom is 0.267 e. The molecule has 0 unspecified atom stereocenters. The van der Waals surface area contributed by atoms with E-state index in [2.05, 4.69) is 17.4 Å². The van der Waals surface area contributed by atoms with Gasteiger partial charge in [-0.3, -0.25) is 4.79 Å². The van der Waals surface area contributed by atoms with Crippen LogP contribution < -0.4 is 10.1 Å². The van der Waals surface area contributed by atoms with Crippen molar-refractivity contribution >= 4 is 17.2 Å². The van der Waals surface area contributed by atoms with Crippen LogP contribution in [0.25, 0.3) is 10.4 Å². The largest absolute Gasteiger partial charge is 0.492 e. The van der Waals surface area contributed by atoms with Gasteiger partial charge in [0.1, 0.15) is 10.6 Å². The number of ether oxygens (including phenoxy) is 1. The molecule has 4 nitrogen and oxygen atoms in total. The first kappa shape index (κ1) is 17.0. The number of hydrogen-bond acceptors (Lipinski definition) is 4. The minimum absolute atomic E-state index is 0.0974. The Morgan fingerprint density at radius 2 is 2.00 bits per heavy atom. The van der Waals surface area contributed by atoms with Crippen molar-refractivity contribution in [2.24, 2.45) is 0 Å². The molecule has 1 N–H and O–H groups in total. The SMILES string of the molecule is CCOc1cc(-c2ccccc2)sc1C(=O)N1CCC(NC)CC1. The zero-order chi connectivity index (χ0) is 16.9. The van der Waals surface area contributed by atoms with Crippen molar-refractivity contribution < 1.29 is 9.53 Å². The Bertz CT molecular complexity index is 676. The molecule has 1 saturated heterocycles. The first-order chi connectivity index (χ1) is 11.7. The topological polar surface area (TPSA) is 41.6 Å². The van der Waals surface area contributed by atoms with Crippen LogP contribution in [-0.2, 0) is 0 Å². The van der Waals surface area contributed by atoms with Crippen LogP contribution in [0.15, 0.2) is 36.4 Å². The van der Waals surface area contributed by atoms with Crippen LogP contribution in [0.4, 0.5) is 0 Å². The third kappa shape index (κ3) is 3.62. The predicted molar refractivity (Wildman–Crippen MR) is 98.9 cm³/mol. The monoisotopic (exact) mass is 344 g/mol. The Kier molecular flexibility index (Phi) is 5.53. The van der Waals surface area contributed by atoms with E-state index in [1.165, 1.54) is 11.3 Å². The third-order valence-electron chi connectivity index (χ3n) is 4.44. The predicted octanol–water partition coefficient (Wildman–Crippen LogP) is 3.64. The quantitative estimate of drug-likeness (QED) is 0.900. The molecule has 2 heterocycles. The van der Waals surface area contributed by atoms with Gasteiger partial charge in [0.05, 0.1) is 6.61 Å². The van der Waals surface area contributed by atoms with Gasteiger partial charge < -0.3 is 15.0 Å². The van der Waals surface area contributed by atoms with Crippen LogP contribution in [-0.4, -0.2) is 43.6 Å². The Labute approximate surface area is 147 Å². The first-order valence-electron chi connectivity index (χ1n) is 8.51. The summed E-state index contributed by atoms with van der Waals surface area (Å²) in [6, 6.07) is 12.7. The molecule has 0 bridgehead atoms. The van der Waals surface area contributed by atoms with Gasteiger partial charge in [-0.25, -0.2) is 0 Å². The highest BCUT2D eigenvalue weighted by Gasteiger charge is 2.27. The molecule has 0 saturated carbocycles. The average Bonchev–Trinajstić information content (AvgIpc) is 3.06. The maximum absolute atomic E-state index is 13.0. The van der Waals surface area contributed by atoms with Crippen molar-refractivity contribution in [3.05, 3.63) is 41.3 Å². The molecule has 0 atom stereocenters. The summed E-state index contributed by atoms with van der Waals surface area (Å²) in [6.07, 6.45) is 2.01. The number of carbonyl (C=O) groups is 1. The van der Waals surface area contributed by atoms with Gasteiger partial charge in [-0.1, -0.05) is 30.3 Å². The fraction of sp³-hybridized carbons (Fsp3) is 0.421. The average molecular weight is 344 g/mol. The van der Waals surface area contributed by atoms with Gasteiger partial charge in [0.2, 0.25) is 0 Å². The molecule has 1 amide bonds. The van der Waals surface area contributed by atoms with E-state index in [1.807, 2.05) is 43.1 Å². The molecule has 1 aliphatic rings. The molecule has 1 aromatic heterocycles. The van der Waals surface area contributed by atoms with E-state index in [0.29, 0.717) is 18.4 Å². The highest BCUT2D eigenvalue weighted by molar-refractivity contribution is 7.17. The van der Waals surface area contributed by atoms with Gasteiger partial charge in [0, 0.05) is 24.0 Å². The fourth-order valence-electron chi connectivity index (χ4n) is 3.05. The van der Waals surface area contributed by atoms with Gasteiger partial charge in [0.25, 0.3) is 5.91 Å². The van der Waals surface area contributed by atoms with Crippen LogP contribution in [0.5, 0.6) is 5.75 Å². The van der Waals surface area contributed by atoms with E-state index in [0.717, 1.165) is 41.2 Å². The molecular formula is C19H24N2O2S. The molecule has 0 radical (unpaired) electrons. The molecule has 2 aromatic rings. The highest BCUT2D eigenvalue weighted by atomic mass is 32.1. The van der Waals surface area contributed by atoms with Gasteiger partial charge in [-0.05, 0) is 38.4 Å². The lowest BCUT2D eigenvalue weighted by atomic mass is 10.1. The number of carbonyl (C=O) groups excluding carboxylic acids is 1. The Hall–Kier alpha value is -1.85. The summed E-state index contributed by atoms with van der Waals surface area (Å²) < 4.78 is 5.74.